The maximum atomic E-state index is 12.4. The summed E-state index contributed by atoms with van der Waals surface area (Å²) >= 11 is 15.5. The standard InChI is InChI=1S/C16H11BrCl2O/c17-10-3-1-9(2-4-10)16(20)14-8-13(14)12-6-5-11(18)7-15(12)19/h1-7,13-14H,8H2. The maximum absolute atomic E-state index is 12.4. The van der Waals surface area contributed by atoms with Crippen molar-refractivity contribution in [3.05, 3.63) is 68.1 Å². The highest BCUT2D eigenvalue weighted by atomic mass is 79.9. The summed E-state index contributed by atoms with van der Waals surface area (Å²) in [5.41, 5.74) is 1.78. The van der Waals surface area contributed by atoms with Crippen LogP contribution in [-0.4, -0.2) is 5.78 Å². The summed E-state index contributed by atoms with van der Waals surface area (Å²) in [7, 11) is 0. The second-order valence-corrected chi connectivity index (χ2v) is 6.74. The van der Waals surface area contributed by atoms with E-state index in [0.29, 0.717) is 10.0 Å². The van der Waals surface area contributed by atoms with Crippen molar-refractivity contribution in [3.63, 3.8) is 0 Å². The van der Waals surface area contributed by atoms with Gasteiger partial charge >= 0.3 is 0 Å². The number of Topliss-reactive ketones (excluding diaryl/α,β-unsaturated/α-hetero) is 1. The Morgan fingerprint density at radius 2 is 1.80 bits per heavy atom. The first-order valence-corrected chi connectivity index (χ1v) is 7.86. The van der Waals surface area contributed by atoms with Crippen molar-refractivity contribution >= 4 is 44.9 Å². The monoisotopic (exact) mass is 368 g/mol. The van der Waals surface area contributed by atoms with Crippen LogP contribution in [0.25, 0.3) is 0 Å². The summed E-state index contributed by atoms with van der Waals surface area (Å²) in [6.07, 6.45) is 0.857. The number of carbonyl (C=O) groups excluding carboxylic acids is 1. The molecule has 0 aliphatic heterocycles. The number of rotatable bonds is 3. The molecule has 2 unspecified atom stereocenters. The van der Waals surface area contributed by atoms with Crippen LogP contribution in [0, 0.1) is 5.92 Å². The number of ketones is 1. The topological polar surface area (TPSA) is 17.1 Å². The molecule has 1 saturated carbocycles. The molecule has 0 spiro atoms. The molecule has 102 valence electrons. The van der Waals surface area contributed by atoms with Crippen LogP contribution < -0.4 is 0 Å². The molecule has 1 aliphatic carbocycles. The van der Waals surface area contributed by atoms with Gasteiger partial charge in [0.1, 0.15) is 0 Å². The lowest BCUT2D eigenvalue weighted by atomic mass is 10.0. The van der Waals surface area contributed by atoms with Gasteiger partial charge in [-0.05, 0) is 42.2 Å². The Hall–Kier alpha value is -0.830. The minimum absolute atomic E-state index is 0.0369. The predicted molar refractivity (Wildman–Crippen MR) is 85.8 cm³/mol. The van der Waals surface area contributed by atoms with Crippen LogP contribution >= 0.6 is 39.1 Å². The zero-order valence-corrected chi connectivity index (χ0v) is 13.5. The van der Waals surface area contributed by atoms with Crippen LogP contribution in [0.15, 0.2) is 46.9 Å². The molecule has 0 bridgehead atoms. The molecule has 0 N–H and O–H groups in total. The molecule has 2 aromatic carbocycles. The van der Waals surface area contributed by atoms with E-state index in [9.17, 15) is 4.79 Å². The van der Waals surface area contributed by atoms with Crippen molar-refractivity contribution in [2.24, 2.45) is 5.92 Å². The van der Waals surface area contributed by atoms with Crippen LogP contribution in [0.5, 0.6) is 0 Å². The van der Waals surface area contributed by atoms with Gasteiger partial charge in [0.05, 0.1) is 0 Å². The molecule has 0 aromatic heterocycles. The van der Waals surface area contributed by atoms with E-state index in [0.717, 1.165) is 22.0 Å². The molecule has 1 aliphatic rings. The molecular weight excluding hydrogens is 359 g/mol. The molecule has 0 amide bonds. The number of carbonyl (C=O) groups is 1. The normalized spacial score (nSPS) is 20.8. The Labute approximate surface area is 136 Å². The first-order valence-electron chi connectivity index (χ1n) is 6.31. The maximum Gasteiger partial charge on any atom is 0.166 e. The Morgan fingerprint density at radius 3 is 2.45 bits per heavy atom. The van der Waals surface area contributed by atoms with Crippen LogP contribution in [-0.2, 0) is 0 Å². The summed E-state index contributed by atoms with van der Waals surface area (Å²) in [4.78, 5) is 12.4. The van der Waals surface area contributed by atoms with Gasteiger partial charge in [-0.3, -0.25) is 4.79 Å². The number of hydrogen-bond donors (Lipinski definition) is 0. The fourth-order valence-electron chi connectivity index (χ4n) is 2.46. The van der Waals surface area contributed by atoms with Crippen molar-refractivity contribution in [2.45, 2.75) is 12.3 Å². The second kappa shape index (κ2) is 5.51. The quantitative estimate of drug-likeness (QED) is 0.630. The van der Waals surface area contributed by atoms with Crippen molar-refractivity contribution in [3.8, 4) is 0 Å². The summed E-state index contributed by atoms with van der Waals surface area (Å²) in [6.45, 7) is 0. The Kier molecular flexibility index (Phi) is 3.89. The molecule has 4 heteroatoms. The van der Waals surface area contributed by atoms with Crippen LogP contribution in [0.1, 0.15) is 28.3 Å². The average Bonchev–Trinajstić information content (AvgIpc) is 3.19. The fraction of sp³-hybridized carbons (Fsp3) is 0.188. The van der Waals surface area contributed by atoms with Gasteiger partial charge < -0.3 is 0 Å². The Morgan fingerprint density at radius 1 is 1.10 bits per heavy atom. The van der Waals surface area contributed by atoms with E-state index in [1.165, 1.54) is 0 Å². The van der Waals surface area contributed by atoms with Crippen LogP contribution in [0.2, 0.25) is 10.0 Å². The summed E-state index contributed by atoms with van der Waals surface area (Å²) < 4.78 is 0.974. The van der Waals surface area contributed by atoms with Gasteiger partial charge in [0.25, 0.3) is 0 Å². The van der Waals surface area contributed by atoms with Gasteiger partial charge in [0, 0.05) is 26.0 Å². The van der Waals surface area contributed by atoms with Crippen molar-refractivity contribution in [2.75, 3.05) is 0 Å². The third kappa shape index (κ3) is 2.78. The molecule has 0 saturated heterocycles. The minimum atomic E-state index is 0.0369. The van der Waals surface area contributed by atoms with Gasteiger partial charge in [-0.15, -0.1) is 0 Å². The molecule has 1 nitrogen and oxygen atoms in total. The highest BCUT2D eigenvalue weighted by Gasteiger charge is 2.44. The molecule has 0 heterocycles. The summed E-state index contributed by atoms with van der Waals surface area (Å²) in [6, 6.07) is 13.0. The molecule has 3 rings (SSSR count). The number of benzene rings is 2. The number of hydrogen-bond acceptors (Lipinski definition) is 1. The van der Waals surface area contributed by atoms with E-state index >= 15 is 0 Å². The summed E-state index contributed by atoms with van der Waals surface area (Å²) in [5, 5.41) is 1.27. The third-order valence-electron chi connectivity index (χ3n) is 3.62. The van der Waals surface area contributed by atoms with Gasteiger partial charge in [0.15, 0.2) is 5.78 Å². The highest BCUT2D eigenvalue weighted by Crippen LogP contribution is 2.51. The molecule has 1 fully saturated rings. The highest BCUT2D eigenvalue weighted by molar-refractivity contribution is 9.10. The first kappa shape index (κ1) is 14.1. The Bertz CT molecular complexity index is 667. The lowest BCUT2D eigenvalue weighted by Crippen LogP contribution is -2.03. The first-order chi connectivity index (χ1) is 9.56. The van der Waals surface area contributed by atoms with Gasteiger partial charge in [-0.2, -0.15) is 0 Å². The van der Waals surface area contributed by atoms with Crippen LogP contribution in [0.4, 0.5) is 0 Å². The van der Waals surface area contributed by atoms with E-state index in [4.69, 9.17) is 23.2 Å². The fourth-order valence-corrected chi connectivity index (χ4v) is 3.27. The van der Waals surface area contributed by atoms with E-state index in [2.05, 4.69) is 15.9 Å². The van der Waals surface area contributed by atoms with Gasteiger partial charge in [-0.1, -0.05) is 57.3 Å². The molecule has 20 heavy (non-hydrogen) atoms. The van der Waals surface area contributed by atoms with Crippen molar-refractivity contribution in [1.82, 2.24) is 0 Å². The zero-order valence-electron chi connectivity index (χ0n) is 10.4. The lowest BCUT2D eigenvalue weighted by Gasteiger charge is -2.04. The zero-order chi connectivity index (χ0) is 14.3. The summed E-state index contributed by atoms with van der Waals surface area (Å²) in [5.74, 6) is 0.444. The third-order valence-corrected chi connectivity index (χ3v) is 4.71. The van der Waals surface area contributed by atoms with Gasteiger partial charge in [0.2, 0.25) is 0 Å². The second-order valence-electron chi connectivity index (χ2n) is 4.99. The van der Waals surface area contributed by atoms with E-state index in [1.807, 2.05) is 36.4 Å². The van der Waals surface area contributed by atoms with E-state index in [-0.39, 0.29) is 17.6 Å². The lowest BCUT2D eigenvalue weighted by molar-refractivity contribution is 0.0965. The van der Waals surface area contributed by atoms with Gasteiger partial charge in [-0.25, -0.2) is 0 Å². The molecule has 2 atom stereocenters. The van der Waals surface area contributed by atoms with E-state index < -0.39 is 0 Å². The molecule has 2 aromatic rings. The molecular formula is C16H11BrCl2O. The average molecular weight is 370 g/mol. The smallest absolute Gasteiger partial charge is 0.166 e. The SMILES string of the molecule is O=C(c1ccc(Br)cc1)C1CC1c1ccc(Cl)cc1Cl. The van der Waals surface area contributed by atoms with Crippen molar-refractivity contribution in [1.29, 1.82) is 0 Å². The minimum Gasteiger partial charge on any atom is -0.294 e. The Balaban J connectivity index is 1.78. The van der Waals surface area contributed by atoms with E-state index in [1.54, 1.807) is 6.07 Å². The van der Waals surface area contributed by atoms with Crippen LogP contribution in [0.3, 0.4) is 0 Å². The molecule has 0 radical (unpaired) electrons. The number of halogens is 3. The van der Waals surface area contributed by atoms with Crippen molar-refractivity contribution < 1.29 is 4.79 Å². The largest absolute Gasteiger partial charge is 0.294 e. The predicted octanol–water partition coefficient (Wildman–Crippen LogP) is 5.74.